The summed E-state index contributed by atoms with van der Waals surface area (Å²) in [7, 11) is 1.81. The fourth-order valence-corrected chi connectivity index (χ4v) is 4.59. The molecule has 0 spiro atoms. The Kier molecular flexibility index (Phi) is 4.54. The van der Waals surface area contributed by atoms with Crippen molar-refractivity contribution in [1.82, 2.24) is 9.80 Å². The van der Waals surface area contributed by atoms with Gasteiger partial charge < -0.3 is 9.80 Å². The van der Waals surface area contributed by atoms with Crippen molar-refractivity contribution in [3.05, 3.63) is 71.3 Å². The van der Waals surface area contributed by atoms with Crippen LogP contribution in [0.5, 0.6) is 0 Å². The molecule has 0 radical (unpaired) electrons. The van der Waals surface area contributed by atoms with E-state index >= 15 is 0 Å². The quantitative estimate of drug-likeness (QED) is 0.625. The fourth-order valence-electron chi connectivity index (χ4n) is 4.59. The lowest BCUT2D eigenvalue weighted by atomic mass is 9.94. The van der Waals surface area contributed by atoms with Crippen molar-refractivity contribution < 1.29 is 14.0 Å². The molecule has 0 bridgehead atoms. The fraction of sp³-hybridized carbons (Fsp3) is 0.280. The summed E-state index contributed by atoms with van der Waals surface area (Å²) in [4.78, 5) is 28.4. The average Bonchev–Trinajstić information content (AvgIpc) is 3.05. The van der Waals surface area contributed by atoms with Crippen LogP contribution in [0.2, 0.25) is 0 Å². The van der Waals surface area contributed by atoms with Crippen molar-refractivity contribution in [3.63, 3.8) is 0 Å². The van der Waals surface area contributed by atoms with E-state index < -0.39 is 6.17 Å². The highest BCUT2D eigenvalue weighted by Gasteiger charge is 2.25. The van der Waals surface area contributed by atoms with E-state index in [0.717, 1.165) is 33.0 Å². The number of alkyl halides is 1. The molecular weight excluding hydrogens is 379 g/mol. The zero-order chi connectivity index (χ0) is 20.8. The molecule has 2 aliphatic heterocycles. The van der Waals surface area contributed by atoms with Gasteiger partial charge in [-0.2, -0.15) is 0 Å². The summed E-state index contributed by atoms with van der Waals surface area (Å²) in [6.07, 6.45) is 0.314. The van der Waals surface area contributed by atoms with Crippen molar-refractivity contribution in [1.29, 1.82) is 0 Å². The van der Waals surface area contributed by atoms with Gasteiger partial charge in [0.25, 0.3) is 11.8 Å². The maximum atomic E-state index is 13.7. The molecule has 0 N–H and O–H groups in total. The third-order valence-corrected chi connectivity index (χ3v) is 6.18. The average molecular weight is 402 g/mol. The highest BCUT2D eigenvalue weighted by Crippen LogP contribution is 2.33. The number of nitrogens with zero attached hydrogens (tertiary/aromatic N) is 2. The first-order chi connectivity index (χ1) is 14.5. The first kappa shape index (κ1) is 18.8. The van der Waals surface area contributed by atoms with Crippen LogP contribution in [0.4, 0.5) is 4.39 Å². The monoisotopic (exact) mass is 402 g/mol. The zero-order valence-corrected chi connectivity index (χ0v) is 16.9. The smallest absolute Gasteiger partial charge is 0.254 e. The number of carbonyl (C=O) groups is 2. The van der Waals surface area contributed by atoms with E-state index in [1.165, 1.54) is 0 Å². The van der Waals surface area contributed by atoms with Gasteiger partial charge in [-0.1, -0.05) is 30.3 Å². The summed E-state index contributed by atoms with van der Waals surface area (Å²) < 4.78 is 13.7. The summed E-state index contributed by atoms with van der Waals surface area (Å²) in [5.41, 5.74) is 4.52. The van der Waals surface area contributed by atoms with Crippen LogP contribution < -0.4 is 0 Å². The van der Waals surface area contributed by atoms with E-state index in [4.69, 9.17) is 0 Å². The normalized spacial score (nSPS) is 18.7. The van der Waals surface area contributed by atoms with Gasteiger partial charge in [-0.15, -0.1) is 0 Å². The van der Waals surface area contributed by atoms with Gasteiger partial charge in [0.2, 0.25) is 0 Å². The van der Waals surface area contributed by atoms with E-state index in [9.17, 15) is 14.0 Å². The molecule has 152 valence electrons. The Morgan fingerprint density at radius 2 is 1.93 bits per heavy atom. The molecule has 5 heteroatoms. The van der Waals surface area contributed by atoms with Crippen LogP contribution in [0.25, 0.3) is 21.9 Å². The SMILES string of the molecule is CN1Cc2cc(-c3cccc4cc(C(=O)N5CCC[C@@H](F)C5)ccc34)ccc2C1=O. The molecule has 2 aliphatic rings. The lowest BCUT2D eigenvalue weighted by Gasteiger charge is -2.29. The zero-order valence-electron chi connectivity index (χ0n) is 16.9. The van der Waals surface area contributed by atoms with Gasteiger partial charge in [0.15, 0.2) is 0 Å². The van der Waals surface area contributed by atoms with Gasteiger partial charge >= 0.3 is 0 Å². The molecule has 1 atom stereocenters. The van der Waals surface area contributed by atoms with E-state index in [2.05, 4.69) is 12.1 Å². The van der Waals surface area contributed by atoms with Gasteiger partial charge in [-0.05, 0) is 64.6 Å². The molecule has 0 aromatic heterocycles. The molecule has 0 saturated carbocycles. The van der Waals surface area contributed by atoms with E-state index in [1.54, 1.807) is 9.80 Å². The number of rotatable bonds is 2. The largest absolute Gasteiger partial charge is 0.337 e. The standard InChI is InChI=1S/C25H23FN2O2/c1-27-14-19-13-17(7-10-23(19)25(27)30)21-6-2-4-16-12-18(8-9-22(16)21)24(29)28-11-3-5-20(26)15-28/h2,4,6-10,12-13,20H,3,5,11,14-15H2,1H3/t20-/m1/s1. The second-order valence-electron chi connectivity index (χ2n) is 8.27. The highest BCUT2D eigenvalue weighted by atomic mass is 19.1. The first-order valence-corrected chi connectivity index (χ1v) is 10.4. The Labute approximate surface area is 174 Å². The van der Waals surface area contributed by atoms with E-state index in [0.29, 0.717) is 31.5 Å². The molecule has 1 fully saturated rings. The topological polar surface area (TPSA) is 40.6 Å². The summed E-state index contributed by atoms with van der Waals surface area (Å²) in [5.74, 6) is -0.0467. The number of carbonyl (C=O) groups excluding carboxylic acids is 2. The van der Waals surface area contributed by atoms with Crippen molar-refractivity contribution in [2.75, 3.05) is 20.1 Å². The molecule has 30 heavy (non-hydrogen) atoms. The van der Waals surface area contributed by atoms with Gasteiger partial charge in [0.1, 0.15) is 6.17 Å². The number of piperidine rings is 1. The van der Waals surface area contributed by atoms with Gasteiger partial charge in [0, 0.05) is 31.3 Å². The second-order valence-corrected chi connectivity index (χ2v) is 8.27. The Morgan fingerprint density at radius 3 is 2.77 bits per heavy atom. The number of fused-ring (bicyclic) bond motifs is 2. The van der Waals surface area contributed by atoms with Crippen LogP contribution >= 0.6 is 0 Å². The molecule has 2 heterocycles. The number of benzene rings is 3. The number of likely N-dealkylation sites (tertiary alicyclic amines) is 1. The highest BCUT2D eigenvalue weighted by molar-refractivity contribution is 6.04. The molecule has 5 rings (SSSR count). The Hall–Kier alpha value is -3.21. The maximum Gasteiger partial charge on any atom is 0.254 e. The minimum Gasteiger partial charge on any atom is -0.337 e. The van der Waals surface area contributed by atoms with Crippen molar-refractivity contribution in [2.24, 2.45) is 0 Å². The molecule has 3 aromatic carbocycles. The van der Waals surface area contributed by atoms with Crippen LogP contribution in [0.3, 0.4) is 0 Å². The predicted molar refractivity (Wildman–Crippen MR) is 115 cm³/mol. The van der Waals surface area contributed by atoms with E-state index in [1.807, 2.05) is 49.5 Å². The Balaban J connectivity index is 1.51. The molecule has 1 saturated heterocycles. The number of hydrogen-bond donors (Lipinski definition) is 0. The molecule has 0 aliphatic carbocycles. The van der Waals surface area contributed by atoms with Crippen LogP contribution in [0.1, 0.15) is 39.1 Å². The summed E-state index contributed by atoms with van der Waals surface area (Å²) >= 11 is 0. The lowest BCUT2D eigenvalue weighted by molar-refractivity contribution is 0.0636. The minimum atomic E-state index is -0.930. The summed E-state index contributed by atoms with van der Waals surface area (Å²) in [6, 6.07) is 17.7. The predicted octanol–water partition coefficient (Wildman–Crippen LogP) is 4.67. The van der Waals surface area contributed by atoms with Crippen LogP contribution in [0.15, 0.2) is 54.6 Å². The van der Waals surface area contributed by atoms with Gasteiger partial charge in [-0.3, -0.25) is 9.59 Å². The molecule has 0 unspecified atom stereocenters. The third-order valence-electron chi connectivity index (χ3n) is 6.18. The van der Waals surface area contributed by atoms with Crippen molar-refractivity contribution >= 4 is 22.6 Å². The summed E-state index contributed by atoms with van der Waals surface area (Å²) in [5, 5.41) is 2.02. The van der Waals surface area contributed by atoms with Crippen molar-refractivity contribution in [3.8, 4) is 11.1 Å². The van der Waals surface area contributed by atoms with Gasteiger partial charge in [0.05, 0.1) is 6.54 Å². The maximum absolute atomic E-state index is 13.7. The van der Waals surface area contributed by atoms with Crippen LogP contribution in [-0.2, 0) is 6.54 Å². The summed E-state index contributed by atoms with van der Waals surface area (Å²) in [6.45, 7) is 1.41. The Morgan fingerprint density at radius 1 is 1.07 bits per heavy atom. The minimum absolute atomic E-state index is 0.0610. The van der Waals surface area contributed by atoms with Crippen LogP contribution in [-0.4, -0.2) is 47.9 Å². The molecular formula is C25H23FN2O2. The second kappa shape index (κ2) is 7.24. The van der Waals surface area contributed by atoms with E-state index in [-0.39, 0.29) is 18.4 Å². The number of halogens is 1. The Bertz CT molecular complexity index is 1170. The third kappa shape index (κ3) is 3.15. The lowest BCUT2D eigenvalue weighted by Crippen LogP contribution is -2.40. The number of amides is 2. The molecule has 3 aromatic rings. The molecule has 4 nitrogen and oxygen atoms in total. The molecule has 2 amide bonds. The van der Waals surface area contributed by atoms with Crippen LogP contribution in [0, 0.1) is 0 Å². The first-order valence-electron chi connectivity index (χ1n) is 10.4. The van der Waals surface area contributed by atoms with Crippen molar-refractivity contribution in [2.45, 2.75) is 25.6 Å². The van der Waals surface area contributed by atoms with Gasteiger partial charge in [-0.25, -0.2) is 4.39 Å². The number of hydrogen-bond acceptors (Lipinski definition) is 2.